The summed E-state index contributed by atoms with van der Waals surface area (Å²) in [4.78, 5) is 0. The molecule has 23 heavy (non-hydrogen) atoms. The van der Waals surface area contributed by atoms with Crippen LogP contribution in [0.3, 0.4) is 0 Å². The molecule has 2 saturated carbocycles. The van der Waals surface area contributed by atoms with Crippen molar-refractivity contribution in [1.29, 1.82) is 0 Å². The van der Waals surface area contributed by atoms with Crippen LogP contribution in [0.4, 0.5) is 26.3 Å². The van der Waals surface area contributed by atoms with Crippen LogP contribution in [0, 0.1) is 17.8 Å². The van der Waals surface area contributed by atoms with Crippen molar-refractivity contribution in [3.05, 3.63) is 12.2 Å². The number of hydrogen-bond donors (Lipinski definition) is 2. The van der Waals surface area contributed by atoms with Crippen molar-refractivity contribution in [3.63, 3.8) is 0 Å². The Balaban J connectivity index is 2.16. The minimum Gasteiger partial charge on any atom is -0.373 e. The van der Waals surface area contributed by atoms with Gasteiger partial charge in [0.25, 0.3) is 5.60 Å². The molecular weight excluding hydrogens is 330 g/mol. The van der Waals surface area contributed by atoms with Gasteiger partial charge in [0.2, 0.25) is 0 Å². The summed E-state index contributed by atoms with van der Waals surface area (Å²) in [7, 11) is 0. The van der Waals surface area contributed by atoms with Crippen molar-refractivity contribution < 1.29 is 41.3 Å². The van der Waals surface area contributed by atoms with Gasteiger partial charge in [0.15, 0.2) is 6.29 Å². The van der Waals surface area contributed by atoms with Crippen molar-refractivity contribution in [2.24, 2.45) is 17.8 Å². The number of ether oxygens (including phenoxy) is 1. The summed E-state index contributed by atoms with van der Waals surface area (Å²) in [6.07, 6.45) is -13.9. The Bertz CT molecular complexity index is 458. The fourth-order valence-corrected chi connectivity index (χ4v) is 3.76. The highest BCUT2D eigenvalue weighted by atomic mass is 19.4. The molecule has 2 fully saturated rings. The third-order valence-corrected chi connectivity index (χ3v) is 4.92. The molecule has 0 aromatic carbocycles. The summed E-state index contributed by atoms with van der Waals surface area (Å²) in [5.74, 6) is -3.47. The van der Waals surface area contributed by atoms with Crippen LogP contribution in [0.5, 0.6) is 0 Å². The van der Waals surface area contributed by atoms with E-state index in [9.17, 15) is 36.6 Å². The van der Waals surface area contributed by atoms with Gasteiger partial charge >= 0.3 is 12.4 Å². The molecule has 2 aliphatic carbocycles. The molecule has 2 rings (SSSR count). The number of rotatable bonds is 4. The Morgan fingerprint density at radius 2 is 1.57 bits per heavy atom. The van der Waals surface area contributed by atoms with E-state index in [0.29, 0.717) is 5.57 Å². The van der Waals surface area contributed by atoms with Gasteiger partial charge in [0.05, 0.1) is 6.10 Å². The summed E-state index contributed by atoms with van der Waals surface area (Å²) in [6, 6.07) is 0. The smallest absolute Gasteiger partial charge is 0.373 e. The maximum atomic E-state index is 12.9. The second-order valence-corrected chi connectivity index (χ2v) is 6.47. The standard InChI is InChI=1S/C14H18F6O3/c1-6(2)11(21)23-10-5-7-3-8(10)4-9(7)12(22,13(15,16)17)14(18,19)20/h7-11,21-22H,1,3-5H2,2H3. The molecule has 2 N–H and O–H groups in total. The average molecular weight is 348 g/mol. The highest BCUT2D eigenvalue weighted by Crippen LogP contribution is 2.60. The van der Waals surface area contributed by atoms with Crippen molar-refractivity contribution >= 4 is 0 Å². The van der Waals surface area contributed by atoms with Crippen LogP contribution in [-0.2, 0) is 4.74 Å². The van der Waals surface area contributed by atoms with E-state index in [4.69, 9.17) is 4.74 Å². The van der Waals surface area contributed by atoms with E-state index in [1.165, 1.54) is 6.92 Å². The summed E-state index contributed by atoms with van der Waals surface area (Å²) in [5, 5.41) is 19.1. The Labute approximate surface area is 128 Å². The third kappa shape index (κ3) is 2.98. The Kier molecular flexibility index (Phi) is 4.54. The molecule has 5 unspecified atom stereocenters. The molecule has 3 nitrogen and oxygen atoms in total. The lowest BCUT2D eigenvalue weighted by Crippen LogP contribution is -2.63. The molecule has 9 heteroatoms. The molecule has 0 spiro atoms. The molecule has 0 radical (unpaired) electrons. The number of hydrogen-bond acceptors (Lipinski definition) is 3. The maximum Gasteiger partial charge on any atom is 0.426 e. The van der Waals surface area contributed by atoms with Crippen LogP contribution in [0.25, 0.3) is 0 Å². The van der Waals surface area contributed by atoms with Crippen molar-refractivity contribution in [1.82, 2.24) is 0 Å². The van der Waals surface area contributed by atoms with E-state index >= 15 is 0 Å². The quantitative estimate of drug-likeness (QED) is 0.466. The van der Waals surface area contributed by atoms with Crippen LogP contribution < -0.4 is 0 Å². The lowest BCUT2D eigenvalue weighted by molar-refractivity contribution is -0.389. The van der Waals surface area contributed by atoms with Gasteiger partial charge in [-0.15, -0.1) is 0 Å². The van der Waals surface area contributed by atoms with Gasteiger partial charge in [0, 0.05) is 5.92 Å². The van der Waals surface area contributed by atoms with E-state index in [1.807, 2.05) is 0 Å². The van der Waals surface area contributed by atoms with Crippen LogP contribution in [0.1, 0.15) is 26.2 Å². The Morgan fingerprint density at radius 1 is 1.04 bits per heavy atom. The van der Waals surface area contributed by atoms with Gasteiger partial charge in [-0.25, -0.2) is 0 Å². The summed E-state index contributed by atoms with van der Waals surface area (Å²) >= 11 is 0. The molecule has 0 aromatic rings. The number of fused-ring (bicyclic) bond motifs is 2. The molecule has 0 aliphatic heterocycles. The first kappa shape index (κ1) is 18.5. The summed E-state index contributed by atoms with van der Waals surface area (Å²) < 4.78 is 82.9. The Hall–Kier alpha value is -0.800. The fourth-order valence-electron chi connectivity index (χ4n) is 3.76. The molecule has 0 amide bonds. The van der Waals surface area contributed by atoms with Crippen molar-refractivity contribution in [2.75, 3.05) is 0 Å². The SMILES string of the molecule is C=C(C)C(O)OC1CC2CC1CC2C(O)(C(F)(F)F)C(F)(F)F. The minimum atomic E-state index is -5.80. The van der Waals surface area contributed by atoms with Crippen LogP contribution in [0.15, 0.2) is 12.2 Å². The van der Waals surface area contributed by atoms with Crippen LogP contribution in [-0.4, -0.2) is 40.6 Å². The Morgan fingerprint density at radius 3 is 1.91 bits per heavy atom. The van der Waals surface area contributed by atoms with Gasteiger partial charge in [-0.1, -0.05) is 6.58 Å². The first-order chi connectivity index (χ1) is 10.3. The molecule has 2 bridgehead atoms. The van der Waals surface area contributed by atoms with Gasteiger partial charge in [-0.3, -0.25) is 0 Å². The summed E-state index contributed by atoms with van der Waals surface area (Å²) in [6.45, 7) is 4.96. The number of halogens is 6. The normalized spacial score (nSPS) is 33.1. The minimum absolute atomic E-state index is 0.0614. The first-order valence-corrected chi connectivity index (χ1v) is 7.13. The topological polar surface area (TPSA) is 49.7 Å². The van der Waals surface area contributed by atoms with Gasteiger partial charge in [0.1, 0.15) is 0 Å². The predicted octanol–water partition coefficient (Wildman–Crippen LogP) is 3.17. The zero-order chi connectivity index (χ0) is 17.8. The van der Waals surface area contributed by atoms with E-state index < -0.39 is 54.5 Å². The van der Waals surface area contributed by atoms with Gasteiger partial charge in [-0.2, -0.15) is 26.3 Å². The third-order valence-electron chi connectivity index (χ3n) is 4.92. The lowest BCUT2D eigenvalue weighted by Gasteiger charge is -2.42. The number of aliphatic hydroxyl groups is 2. The molecule has 0 heterocycles. The highest BCUT2D eigenvalue weighted by molar-refractivity contribution is 5.09. The monoisotopic (exact) mass is 348 g/mol. The zero-order valence-electron chi connectivity index (χ0n) is 12.3. The van der Waals surface area contributed by atoms with E-state index in [-0.39, 0.29) is 12.8 Å². The van der Waals surface area contributed by atoms with Gasteiger partial charge in [-0.05, 0) is 43.6 Å². The average Bonchev–Trinajstić information content (AvgIpc) is 2.94. The second-order valence-electron chi connectivity index (χ2n) is 6.47. The highest BCUT2D eigenvalue weighted by Gasteiger charge is 2.76. The van der Waals surface area contributed by atoms with E-state index in [0.717, 1.165) is 0 Å². The molecule has 134 valence electrons. The van der Waals surface area contributed by atoms with Crippen LogP contribution in [0.2, 0.25) is 0 Å². The molecule has 0 aromatic heterocycles. The number of aliphatic hydroxyl groups excluding tert-OH is 1. The summed E-state index contributed by atoms with van der Waals surface area (Å²) in [5.41, 5.74) is -4.41. The zero-order valence-corrected chi connectivity index (χ0v) is 12.3. The maximum absolute atomic E-state index is 12.9. The van der Waals surface area contributed by atoms with Gasteiger partial charge < -0.3 is 14.9 Å². The van der Waals surface area contributed by atoms with Crippen molar-refractivity contribution in [2.45, 2.75) is 56.5 Å². The largest absolute Gasteiger partial charge is 0.426 e. The van der Waals surface area contributed by atoms with E-state index in [1.54, 1.807) is 0 Å². The van der Waals surface area contributed by atoms with E-state index in [2.05, 4.69) is 6.58 Å². The molecular formula is C14H18F6O3. The predicted molar refractivity (Wildman–Crippen MR) is 67.1 cm³/mol. The second kappa shape index (κ2) is 5.63. The molecule has 5 atom stereocenters. The number of alkyl halides is 6. The van der Waals surface area contributed by atoms with Crippen LogP contribution >= 0.6 is 0 Å². The first-order valence-electron chi connectivity index (χ1n) is 7.13. The molecule has 0 saturated heterocycles. The lowest BCUT2D eigenvalue weighted by atomic mass is 9.74. The van der Waals surface area contributed by atoms with Crippen molar-refractivity contribution in [3.8, 4) is 0 Å². The molecule has 2 aliphatic rings. The fraction of sp³-hybridized carbons (Fsp3) is 0.857.